The number of rotatable bonds is 6. The second kappa shape index (κ2) is 8.30. The van der Waals surface area contributed by atoms with Crippen molar-refractivity contribution in [3.63, 3.8) is 0 Å². The molecule has 0 amide bonds. The highest BCUT2D eigenvalue weighted by atomic mass is 127. The van der Waals surface area contributed by atoms with Crippen LogP contribution in [-0.2, 0) is 6.42 Å². The number of methoxy groups -OCH3 is 1. The summed E-state index contributed by atoms with van der Waals surface area (Å²) in [6.07, 6.45) is 0.645. The van der Waals surface area contributed by atoms with Crippen molar-refractivity contribution in [2.75, 3.05) is 7.11 Å². The van der Waals surface area contributed by atoms with Crippen LogP contribution < -0.4 is 4.74 Å². The van der Waals surface area contributed by atoms with Crippen molar-refractivity contribution in [1.82, 2.24) is 0 Å². The SMILES string of the molecule is COc1cccc(CC(C(=O)c2ccc(I)cc2)c2ccccc2)c1. The number of carbonyl (C=O) groups is 1. The summed E-state index contributed by atoms with van der Waals surface area (Å²) >= 11 is 2.25. The lowest BCUT2D eigenvalue weighted by atomic mass is 9.85. The second-order valence-corrected chi connectivity index (χ2v) is 7.14. The van der Waals surface area contributed by atoms with E-state index in [2.05, 4.69) is 22.6 Å². The largest absolute Gasteiger partial charge is 0.497 e. The van der Waals surface area contributed by atoms with E-state index in [1.54, 1.807) is 7.11 Å². The van der Waals surface area contributed by atoms with Crippen molar-refractivity contribution in [2.45, 2.75) is 12.3 Å². The van der Waals surface area contributed by atoms with Gasteiger partial charge >= 0.3 is 0 Å². The van der Waals surface area contributed by atoms with Gasteiger partial charge < -0.3 is 4.74 Å². The molecule has 0 radical (unpaired) electrons. The Morgan fingerprint density at radius 1 is 0.960 bits per heavy atom. The first-order valence-electron chi connectivity index (χ1n) is 8.15. The summed E-state index contributed by atoms with van der Waals surface area (Å²) in [5.41, 5.74) is 2.87. The summed E-state index contributed by atoms with van der Waals surface area (Å²) in [7, 11) is 1.66. The van der Waals surface area contributed by atoms with Crippen LogP contribution >= 0.6 is 22.6 Å². The Hall–Kier alpha value is -2.14. The average Bonchev–Trinajstić information content (AvgIpc) is 2.67. The van der Waals surface area contributed by atoms with E-state index < -0.39 is 0 Å². The third kappa shape index (κ3) is 4.48. The molecule has 3 rings (SSSR count). The van der Waals surface area contributed by atoms with Crippen molar-refractivity contribution in [1.29, 1.82) is 0 Å². The van der Waals surface area contributed by atoms with E-state index in [4.69, 9.17) is 4.74 Å². The van der Waals surface area contributed by atoms with Crippen molar-refractivity contribution >= 4 is 28.4 Å². The van der Waals surface area contributed by atoms with Gasteiger partial charge in [-0.3, -0.25) is 4.79 Å². The Bertz CT molecular complexity index is 841. The van der Waals surface area contributed by atoms with Crippen LogP contribution in [0, 0.1) is 3.57 Å². The van der Waals surface area contributed by atoms with E-state index >= 15 is 0 Å². The molecule has 0 saturated heterocycles. The van der Waals surface area contributed by atoms with Gasteiger partial charge in [-0.25, -0.2) is 0 Å². The predicted molar refractivity (Wildman–Crippen MR) is 109 cm³/mol. The number of halogens is 1. The minimum atomic E-state index is -0.214. The normalized spacial score (nSPS) is 11.8. The van der Waals surface area contributed by atoms with Gasteiger partial charge in [0.25, 0.3) is 0 Å². The number of Topliss-reactive ketones (excluding diaryl/α,β-unsaturated/α-hetero) is 1. The van der Waals surface area contributed by atoms with Crippen LogP contribution in [0.3, 0.4) is 0 Å². The number of hydrogen-bond donors (Lipinski definition) is 0. The van der Waals surface area contributed by atoms with Gasteiger partial charge in [-0.1, -0.05) is 54.6 Å². The van der Waals surface area contributed by atoms with Crippen LogP contribution in [0.2, 0.25) is 0 Å². The lowest BCUT2D eigenvalue weighted by Crippen LogP contribution is -2.16. The zero-order valence-electron chi connectivity index (χ0n) is 14.0. The van der Waals surface area contributed by atoms with Gasteiger partial charge in [-0.15, -0.1) is 0 Å². The van der Waals surface area contributed by atoms with Gasteiger partial charge in [0.1, 0.15) is 5.75 Å². The Morgan fingerprint density at radius 3 is 2.36 bits per heavy atom. The van der Waals surface area contributed by atoms with E-state index in [0.717, 1.165) is 26.0 Å². The minimum Gasteiger partial charge on any atom is -0.497 e. The van der Waals surface area contributed by atoms with Gasteiger partial charge in [-0.2, -0.15) is 0 Å². The number of hydrogen-bond acceptors (Lipinski definition) is 2. The fourth-order valence-electron chi connectivity index (χ4n) is 2.90. The maximum Gasteiger partial charge on any atom is 0.170 e. The molecule has 0 N–H and O–H groups in total. The third-order valence-corrected chi connectivity index (χ3v) is 4.94. The van der Waals surface area contributed by atoms with E-state index in [1.165, 1.54) is 0 Å². The smallest absolute Gasteiger partial charge is 0.170 e. The summed E-state index contributed by atoms with van der Waals surface area (Å²) in [5.74, 6) is 0.741. The maximum absolute atomic E-state index is 13.2. The molecule has 0 aliphatic carbocycles. The summed E-state index contributed by atoms with van der Waals surface area (Å²) in [6.45, 7) is 0. The lowest BCUT2D eigenvalue weighted by Gasteiger charge is -2.17. The molecule has 0 heterocycles. The number of ketones is 1. The standard InChI is InChI=1S/C22H19IO2/c1-25-20-9-5-6-16(14-20)15-21(17-7-3-2-4-8-17)22(24)18-10-12-19(23)13-11-18/h2-14,21H,15H2,1H3. The molecule has 0 saturated carbocycles. The number of benzene rings is 3. The fourth-order valence-corrected chi connectivity index (χ4v) is 3.26. The summed E-state index contributed by atoms with van der Waals surface area (Å²) < 4.78 is 6.44. The van der Waals surface area contributed by atoms with Crippen molar-refractivity contribution in [3.05, 3.63) is 99.1 Å². The molecule has 0 bridgehead atoms. The van der Waals surface area contributed by atoms with Gasteiger partial charge in [0.15, 0.2) is 5.78 Å². The van der Waals surface area contributed by atoms with Gasteiger partial charge in [-0.05, 0) is 64.4 Å². The van der Waals surface area contributed by atoms with Gasteiger partial charge in [0.05, 0.1) is 13.0 Å². The maximum atomic E-state index is 13.2. The molecule has 0 fully saturated rings. The lowest BCUT2D eigenvalue weighted by molar-refractivity contribution is 0.0959. The third-order valence-electron chi connectivity index (χ3n) is 4.22. The Kier molecular flexibility index (Phi) is 5.87. The zero-order chi connectivity index (χ0) is 17.6. The first-order chi connectivity index (χ1) is 12.2. The predicted octanol–water partition coefficient (Wildman–Crippen LogP) is 5.51. The quantitative estimate of drug-likeness (QED) is 0.372. The summed E-state index contributed by atoms with van der Waals surface area (Å²) in [6, 6.07) is 25.7. The molecule has 2 nitrogen and oxygen atoms in total. The average molecular weight is 442 g/mol. The number of ether oxygens (including phenoxy) is 1. The number of carbonyl (C=O) groups excluding carboxylic acids is 1. The van der Waals surface area contributed by atoms with Crippen molar-refractivity contribution in [2.24, 2.45) is 0 Å². The highest BCUT2D eigenvalue weighted by Crippen LogP contribution is 2.27. The molecule has 3 aromatic rings. The molecular formula is C22H19IO2. The molecule has 0 aliphatic rings. The topological polar surface area (TPSA) is 26.3 Å². The fraction of sp³-hybridized carbons (Fsp3) is 0.136. The van der Waals surface area contributed by atoms with Crippen LogP contribution in [0.5, 0.6) is 5.75 Å². The monoisotopic (exact) mass is 442 g/mol. The molecule has 0 aromatic heterocycles. The Balaban J connectivity index is 1.95. The Morgan fingerprint density at radius 2 is 1.68 bits per heavy atom. The molecule has 0 spiro atoms. The highest BCUT2D eigenvalue weighted by Gasteiger charge is 2.22. The summed E-state index contributed by atoms with van der Waals surface area (Å²) in [5, 5.41) is 0. The molecule has 25 heavy (non-hydrogen) atoms. The molecule has 3 heteroatoms. The van der Waals surface area contributed by atoms with Gasteiger partial charge in [0.2, 0.25) is 0 Å². The first-order valence-corrected chi connectivity index (χ1v) is 9.23. The minimum absolute atomic E-state index is 0.144. The van der Waals surface area contributed by atoms with Crippen LogP contribution in [0.15, 0.2) is 78.9 Å². The van der Waals surface area contributed by atoms with Crippen LogP contribution in [-0.4, -0.2) is 12.9 Å². The first kappa shape index (κ1) is 17.7. The van der Waals surface area contributed by atoms with Gasteiger partial charge in [0, 0.05) is 9.13 Å². The van der Waals surface area contributed by atoms with Crippen molar-refractivity contribution < 1.29 is 9.53 Å². The molecule has 1 atom stereocenters. The second-order valence-electron chi connectivity index (χ2n) is 5.89. The van der Waals surface area contributed by atoms with Crippen LogP contribution in [0.4, 0.5) is 0 Å². The van der Waals surface area contributed by atoms with Crippen LogP contribution in [0.25, 0.3) is 0 Å². The highest BCUT2D eigenvalue weighted by molar-refractivity contribution is 14.1. The van der Waals surface area contributed by atoms with Crippen LogP contribution in [0.1, 0.15) is 27.4 Å². The van der Waals surface area contributed by atoms with Crippen molar-refractivity contribution in [3.8, 4) is 5.75 Å². The van der Waals surface area contributed by atoms with E-state index in [1.807, 2.05) is 78.9 Å². The van der Waals surface area contributed by atoms with E-state index in [9.17, 15) is 4.79 Å². The van der Waals surface area contributed by atoms with E-state index in [0.29, 0.717) is 6.42 Å². The summed E-state index contributed by atoms with van der Waals surface area (Å²) in [4.78, 5) is 13.2. The molecule has 3 aromatic carbocycles. The molecule has 126 valence electrons. The van der Waals surface area contributed by atoms with E-state index in [-0.39, 0.29) is 11.7 Å². The molecular weight excluding hydrogens is 423 g/mol. The zero-order valence-corrected chi connectivity index (χ0v) is 16.1. The molecule has 1 unspecified atom stereocenters. The molecule has 0 aliphatic heterocycles. The Labute approximate surface area is 162 Å².